The molecule has 0 aliphatic rings. The van der Waals surface area contributed by atoms with E-state index in [1.54, 1.807) is 13.8 Å². The molecule has 1 rings (SSSR count). The smallest absolute Gasteiger partial charge is 0.336 e. The van der Waals surface area contributed by atoms with E-state index in [1.807, 2.05) is 0 Å². The van der Waals surface area contributed by atoms with Gasteiger partial charge in [0.15, 0.2) is 0 Å². The molecule has 0 heterocycles. The monoisotopic (exact) mass is 194 g/mol. The Bertz CT molecular complexity index is 368. The molecule has 14 heavy (non-hydrogen) atoms. The predicted octanol–water partition coefficient (Wildman–Crippen LogP) is 1.70. The number of carboxylic acid groups (broad SMARTS) is 2. The minimum atomic E-state index is -1.22. The first-order chi connectivity index (χ1) is 6.43. The lowest BCUT2D eigenvalue weighted by Crippen LogP contribution is -2.09. The number of rotatable bonds is 2. The van der Waals surface area contributed by atoms with Crippen LogP contribution in [-0.4, -0.2) is 22.2 Å². The third-order valence-electron chi connectivity index (χ3n) is 2.09. The summed E-state index contributed by atoms with van der Waals surface area (Å²) in [7, 11) is 0. The van der Waals surface area contributed by atoms with E-state index >= 15 is 0 Å². The average molecular weight is 194 g/mol. The summed E-state index contributed by atoms with van der Waals surface area (Å²) >= 11 is 0. The molecule has 1 aromatic rings. The van der Waals surface area contributed by atoms with E-state index in [0.717, 1.165) is 11.1 Å². The highest BCUT2D eigenvalue weighted by Crippen LogP contribution is 2.16. The fraction of sp³-hybridized carbons (Fsp3) is 0.200. The first-order valence-electron chi connectivity index (χ1n) is 4.01. The Labute approximate surface area is 80.8 Å². The maximum Gasteiger partial charge on any atom is 0.336 e. The molecular formula is C10H10O4. The molecule has 1 aromatic carbocycles. The maximum atomic E-state index is 10.7. The van der Waals surface area contributed by atoms with Crippen molar-refractivity contribution in [2.24, 2.45) is 0 Å². The van der Waals surface area contributed by atoms with Crippen LogP contribution in [0.15, 0.2) is 12.1 Å². The van der Waals surface area contributed by atoms with E-state index in [9.17, 15) is 9.59 Å². The highest BCUT2D eigenvalue weighted by atomic mass is 16.4. The minimum absolute atomic E-state index is 0.166. The fourth-order valence-corrected chi connectivity index (χ4v) is 1.17. The van der Waals surface area contributed by atoms with Gasteiger partial charge < -0.3 is 10.2 Å². The van der Waals surface area contributed by atoms with Crippen LogP contribution < -0.4 is 0 Å². The molecule has 2 N–H and O–H groups in total. The number of hydrogen-bond donors (Lipinski definition) is 2. The van der Waals surface area contributed by atoms with Gasteiger partial charge in [-0.1, -0.05) is 0 Å². The van der Waals surface area contributed by atoms with Gasteiger partial charge in [-0.3, -0.25) is 0 Å². The Morgan fingerprint density at radius 1 is 0.929 bits per heavy atom. The van der Waals surface area contributed by atoms with Gasteiger partial charge in [-0.25, -0.2) is 9.59 Å². The summed E-state index contributed by atoms with van der Waals surface area (Å²) in [5.41, 5.74) is 1.21. The van der Waals surface area contributed by atoms with E-state index < -0.39 is 11.9 Å². The Morgan fingerprint density at radius 2 is 1.21 bits per heavy atom. The first kappa shape index (κ1) is 10.2. The van der Waals surface area contributed by atoms with E-state index in [-0.39, 0.29) is 11.1 Å². The summed E-state index contributed by atoms with van der Waals surface area (Å²) in [5, 5.41) is 17.5. The molecule has 0 atom stereocenters. The van der Waals surface area contributed by atoms with Crippen molar-refractivity contribution in [1.82, 2.24) is 0 Å². The third kappa shape index (κ3) is 1.74. The van der Waals surface area contributed by atoms with Crippen LogP contribution in [0.1, 0.15) is 31.8 Å². The van der Waals surface area contributed by atoms with Crippen LogP contribution >= 0.6 is 0 Å². The van der Waals surface area contributed by atoms with Crippen molar-refractivity contribution < 1.29 is 19.8 Å². The second-order valence-electron chi connectivity index (χ2n) is 3.09. The Kier molecular flexibility index (Phi) is 2.56. The van der Waals surface area contributed by atoms with Gasteiger partial charge in [0.2, 0.25) is 0 Å². The molecule has 0 aliphatic heterocycles. The molecule has 0 aromatic heterocycles. The van der Waals surface area contributed by atoms with Gasteiger partial charge in [0, 0.05) is 0 Å². The fourth-order valence-electron chi connectivity index (χ4n) is 1.17. The van der Waals surface area contributed by atoms with E-state index in [0.29, 0.717) is 0 Å². The van der Waals surface area contributed by atoms with E-state index in [4.69, 9.17) is 10.2 Å². The first-order valence-corrected chi connectivity index (χ1v) is 4.01. The van der Waals surface area contributed by atoms with Crippen LogP contribution in [-0.2, 0) is 0 Å². The summed E-state index contributed by atoms with van der Waals surface area (Å²) in [4.78, 5) is 21.5. The molecule has 0 amide bonds. The zero-order valence-electron chi connectivity index (χ0n) is 7.87. The van der Waals surface area contributed by atoms with Crippen molar-refractivity contribution in [2.75, 3.05) is 0 Å². The van der Waals surface area contributed by atoms with Gasteiger partial charge >= 0.3 is 11.9 Å². The molecule has 0 fully saturated rings. The lowest BCUT2D eigenvalue weighted by atomic mass is 10.00. The predicted molar refractivity (Wildman–Crippen MR) is 49.8 cm³/mol. The van der Waals surface area contributed by atoms with E-state index in [2.05, 4.69) is 0 Å². The largest absolute Gasteiger partial charge is 0.478 e. The van der Waals surface area contributed by atoms with Crippen molar-refractivity contribution in [3.8, 4) is 0 Å². The summed E-state index contributed by atoms with van der Waals surface area (Å²) in [6.07, 6.45) is 0. The van der Waals surface area contributed by atoms with Crippen LogP contribution in [0.4, 0.5) is 0 Å². The molecule has 4 heteroatoms. The zero-order chi connectivity index (χ0) is 10.9. The van der Waals surface area contributed by atoms with Crippen LogP contribution in [0.3, 0.4) is 0 Å². The molecule has 0 radical (unpaired) electrons. The highest BCUT2D eigenvalue weighted by molar-refractivity contribution is 6.02. The normalized spacial score (nSPS) is 9.86. The van der Waals surface area contributed by atoms with Crippen molar-refractivity contribution in [2.45, 2.75) is 13.8 Å². The zero-order valence-corrected chi connectivity index (χ0v) is 7.87. The van der Waals surface area contributed by atoms with E-state index in [1.165, 1.54) is 12.1 Å². The molecule has 4 nitrogen and oxygen atoms in total. The second-order valence-corrected chi connectivity index (χ2v) is 3.09. The molecule has 0 spiro atoms. The average Bonchev–Trinajstić information content (AvgIpc) is 2.08. The summed E-state index contributed by atoms with van der Waals surface area (Å²) in [5.74, 6) is -2.43. The molecule has 0 aliphatic carbocycles. The molecule has 0 unspecified atom stereocenters. The van der Waals surface area contributed by atoms with Gasteiger partial charge in [0.1, 0.15) is 0 Å². The minimum Gasteiger partial charge on any atom is -0.478 e. The maximum absolute atomic E-state index is 10.7. The van der Waals surface area contributed by atoms with Crippen LogP contribution in [0.2, 0.25) is 0 Å². The number of benzene rings is 1. The lowest BCUT2D eigenvalue weighted by molar-refractivity contribution is 0.0651. The van der Waals surface area contributed by atoms with Gasteiger partial charge in [-0.05, 0) is 37.1 Å². The number of carbonyl (C=O) groups is 2. The summed E-state index contributed by atoms with van der Waals surface area (Å²) in [6.45, 7) is 3.49. The van der Waals surface area contributed by atoms with Gasteiger partial charge in [-0.15, -0.1) is 0 Å². The highest BCUT2D eigenvalue weighted by Gasteiger charge is 2.16. The standard InChI is InChI=1S/C10H10O4/c1-5-3-7(9(11)12)8(10(13)14)4-6(5)2/h3-4H,1-2H3,(H,11,12)(H,13,14). The van der Waals surface area contributed by atoms with Gasteiger partial charge in [0.05, 0.1) is 11.1 Å². The Balaban J connectivity index is 3.46. The van der Waals surface area contributed by atoms with Crippen LogP contribution in [0.5, 0.6) is 0 Å². The van der Waals surface area contributed by atoms with Gasteiger partial charge in [-0.2, -0.15) is 0 Å². The summed E-state index contributed by atoms with van der Waals surface area (Å²) in [6, 6.07) is 2.75. The molecule has 0 bridgehead atoms. The second kappa shape index (κ2) is 3.49. The number of hydrogen-bond acceptors (Lipinski definition) is 2. The van der Waals surface area contributed by atoms with Crippen molar-refractivity contribution in [3.63, 3.8) is 0 Å². The number of carboxylic acids is 2. The van der Waals surface area contributed by atoms with Crippen LogP contribution in [0, 0.1) is 13.8 Å². The Hall–Kier alpha value is -1.84. The molecule has 0 saturated carbocycles. The number of aryl methyl sites for hydroxylation is 2. The third-order valence-corrected chi connectivity index (χ3v) is 2.09. The van der Waals surface area contributed by atoms with Crippen molar-refractivity contribution in [1.29, 1.82) is 0 Å². The van der Waals surface area contributed by atoms with Crippen LogP contribution in [0.25, 0.3) is 0 Å². The molecule has 0 saturated heterocycles. The Morgan fingerprint density at radius 3 is 1.43 bits per heavy atom. The molecular weight excluding hydrogens is 184 g/mol. The van der Waals surface area contributed by atoms with Crippen molar-refractivity contribution in [3.05, 3.63) is 34.4 Å². The topological polar surface area (TPSA) is 74.6 Å². The van der Waals surface area contributed by atoms with Gasteiger partial charge in [0.25, 0.3) is 0 Å². The lowest BCUT2D eigenvalue weighted by Gasteiger charge is -2.05. The number of aromatic carboxylic acids is 2. The summed E-state index contributed by atoms with van der Waals surface area (Å²) < 4.78 is 0. The van der Waals surface area contributed by atoms with Crippen molar-refractivity contribution >= 4 is 11.9 Å². The quantitative estimate of drug-likeness (QED) is 0.751. The molecule has 74 valence electrons. The SMILES string of the molecule is Cc1cc(C(=O)O)c(C(=O)O)cc1C.